The molecule has 3 atom stereocenters. The highest BCUT2D eigenvalue weighted by atomic mass is 32.2. The zero-order chi connectivity index (χ0) is 24.7. The van der Waals surface area contributed by atoms with Crippen molar-refractivity contribution in [3.05, 3.63) is 47.8 Å². The van der Waals surface area contributed by atoms with Crippen molar-refractivity contribution in [2.75, 3.05) is 0 Å². The second kappa shape index (κ2) is 9.30. The molecule has 184 valence electrons. The molecule has 1 aromatic heterocycles. The number of aromatic nitrogens is 1. The molecule has 0 amide bonds. The van der Waals surface area contributed by atoms with Gasteiger partial charge in [-0.1, -0.05) is 18.9 Å². The SMILES string of the molecule is Cc1cc(-c2ccc(S(=O)(=O)[C@H]3C[C@@H](OC4CCCC4)[C@H](C(=O)O)C3)c(C(F)(F)F)c2)ccn1. The van der Waals surface area contributed by atoms with Gasteiger partial charge in [-0.05, 0) is 68.0 Å². The molecule has 2 fully saturated rings. The maximum atomic E-state index is 14.0. The van der Waals surface area contributed by atoms with Gasteiger partial charge in [0.1, 0.15) is 0 Å². The summed E-state index contributed by atoms with van der Waals surface area (Å²) in [4.78, 5) is 15.0. The normalized spacial score (nSPS) is 23.9. The summed E-state index contributed by atoms with van der Waals surface area (Å²) in [6.45, 7) is 1.70. The highest BCUT2D eigenvalue weighted by Crippen LogP contribution is 2.43. The molecule has 34 heavy (non-hydrogen) atoms. The predicted octanol–water partition coefficient (Wildman–Crippen LogP) is 5.04. The lowest BCUT2D eigenvalue weighted by molar-refractivity contribution is -0.147. The van der Waals surface area contributed by atoms with Gasteiger partial charge >= 0.3 is 12.1 Å². The van der Waals surface area contributed by atoms with Gasteiger partial charge in [-0.25, -0.2) is 8.42 Å². The van der Waals surface area contributed by atoms with E-state index in [0.717, 1.165) is 37.8 Å². The maximum absolute atomic E-state index is 14.0. The van der Waals surface area contributed by atoms with Crippen molar-refractivity contribution < 1.29 is 36.2 Å². The molecule has 0 radical (unpaired) electrons. The Labute approximate surface area is 196 Å². The number of carbonyl (C=O) groups is 1. The molecule has 0 saturated heterocycles. The van der Waals surface area contributed by atoms with Gasteiger partial charge in [0, 0.05) is 11.9 Å². The topological polar surface area (TPSA) is 93.6 Å². The molecule has 0 spiro atoms. The number of alkyl halides is 3. The minimum absolute atomic E-state index is 0.137. The smallest absolute Gasteiger partial charge is 0.417 e. The maximum Gasteiger partial charge on any atom is 0.417 e. The van der Waals surface area contributed by atoms with E-state index in [1.165, 1.54) is 12.3 Å². The van der Waals surface area contributed by atoms with Crippen molar-refractivity contribution in [3.8, 4) is 11.1 Å². The average molecular weight is 498 g/mol. The number of carboxylic acid groups (broad SMARTS) is 1. The van der Waals surface area contributed by atoms with Crippen molar-refractivity contribution in [1.29, 1.82) is 0 Å². The van der Waals surface area contributed by atoms with Crippen LogP contribution in [0, 0.1) is 12.8 Å². The first-order chi connectivity index (χ1) is 16.0. The largest absolute Gasteiger partial charge is 0.481 e. The van der Waals surface area contributed by atoms with Crippen LogP contribution in [0.1, 0.15) is 49.8 Å². The number of nitrogens with zero attached hydrogens (tertiary/aromatic N) is 1. The van der Waals surface area contributed by atoms with Crippen LogP contribution in [0.4, 0.5) is 13.2 Å². The van der Waals surface area contributed by atoms with E-state index in [-0.39, 0.29) is 24.5 Å². The summed E-state index contributed by atoms with van der Waals surface area (Å²) in [6.07, 6.45) is -1.39. The first-order valence-electron chi connectivity index (χ1n) is 11.2. The van der Waals surface area contributed by atoms with Crippen molar-refractivity contribution >= 4 is 15.8 Å². The number of aryl methyl sites for hydroxylation is 1. The zero-order valence-electron chi connectivity index (χ0n) is 18.6. The third-order valence-electron chi connectivity index (χ3n) is 6.71. The second-order valence-corrected chi connectivity index (χ2v) is 11.3. The highest BCUT2D eigenvalue weighted by molar-refractivity contribution is 7.92. The van der Waals surface area contributed by atoms with E-state index in [1.54, 1.807) is 19.1 Å². The molecule has 2 aliphatic carbocycles. The molecular weight excluding hydrogens is 471 g/mol. The lowest BCUT2D eigenvalue weighted by Gasteiger charge is -2.21. The number of hydrogen-bond donors (Lipinski definition) is 1. The molecule has 1 aromatic carbocycles. The van der Waals surface area contributed by atoms with Crippen LogP contribution in [0.3, 0.4) is 0 Å². The fraction of sp³-hybridized carbons (Fsp3) is 0.500. The quantitative estimate of drug-likeness (QED) is 0.601. The van der Waals surface area contributed by atoms with Crippen molar-refractivity contribution in [1.82, 2.24) is 4.98 Å². The Morgan fingerprint density at radius 3 is 2.38 bits per heavy atom. The molecule has 10 heteroatoms. The number of hydrogen-bond acceptors (Lipinski definition) is 5. The average Bonchev–Trinajstić information content (AvgIpc) is 3.43. The van der Waals surface area contributed by atoms with Gasteiger partial charge in [0.2, 0.25) is 0 Å². The third-order valence-corrected chi connectivity index (χ3v) is 8.94. The standard InChI is InChI=1S/C24H26F3NO5S/c1-14-10-16(8-9-28-14)15-6-7-22(20(11-15)24(25,26)27)34(31,32)18-12-19(23(29)30)21(13-18)33-17-4-2-3-5-17/h6-11,17-19,21H,2-5,12-13H2,1H3,(H,29,30)/t18-,19-,21-/m1/s1. The molecular formula is C24H26F3NO5S. The summed E-state index contributed by atoms with van der Waals surface area (Å²) >= 11 is 0. The van der Waals surface area contributed by atoms with Crippen molar-refractivity contribution in [2.45, 2.75) is 74.0 Å². The molecule has 2 aromatic rings. The molecule has 1 N–H and O–H groups in total. The lowest BCUT2D eigenvalue weighted by atomic mass is 10.0. The number of ether oxygens (including phenoxy) is 1. The summed E-state index contributed by atoms with van der Waals surface area (Å²) < 4.78 is 74.7. The van der Waals surface area contributed by atoms with Gasteiger partial charge in [0.05, 0.1) is 33.8 Å². The van der Waals surface area contributed by atoms with Crippen LogP contribution in [0.2, 0.25) is 0 Å². The van der Waals surface area contributed by atoms with Crippen molar-refractivity contribution in [2.24, 2.45) is 5.92 Å². The molecule has 2 saturated carbocycles. The summed E-state index contributed by atoms with van der Waals surface area (Å²) in [5.74, 6) is -2.27. The Hall–Kier alpha value is -2.46. The van der Waals surface area contributed by atoms with Crippen LogP contribution >= 0.6 is 0 Å². The Morgan fingerprint density at radius 1 is 1.09 bits per heavy atom. The molecule has 0 unspecified atom stereocenters. The predicted molar refractivity (Wildman–Crippen MR) is 118 cm³/mol. The van der Waals surface area contributed by atoms with Gasteiger partial charge < -0.3 is 9.84 Å². The van der Waals surface area contributed by atoms with Crippen LogP contribution in [0.15, 0.2) is 41.4 Å². The Kier molecular flexibility index (Phi) is 6.74. The van der Waals surface area contributed by atoms with Gasteiger partial charge in [-0.3, -0.25) is 9.78 Å². The molecule has 1 heterocycles. The van der Waals surface area contributed by atoms with E-state index in [0.29, 0.717) is 11.3 Å². The number of sulfone groups is 1. The van der Waals surface area contributed by atoms with Crippen molar-refractivity contribution in [3.63, 3.8) is 0 Å². The van der Waals surface area contributed by atoms with Crippen LogP contribution < -0.4 is 0 Å². The molecule has 4 rings (SSSR count). The monoisotopic (exact) mass is 497 g/mol. The first kappa shape index (κ1) is 24.7. The minimum Gasteiger partial charge on any atom is -0.481 e. The van der Waals surface area contributed by atoms with Gasteiger partial charge in [-0.15, -0.1) is 0 Å². The van der Waals surface area contributed by atoms with E-state index in [4.69, 9.17) is 4.74 Å². The molecule has 6 nitrogen and oxygen atoms in total. The number of pyridine rings is 1. The highest BCUT2D eigenvalue weighted by Gasteiger charge is 2.48. The number of aliphatic carboxylic acids is 1. The van der Waals surface area contributed by atoms with E-state index in [9.17, 15) is 31.5 Å². The van der Waals surface area contributed by atoms with E-state index in [1.807, 2.05) is 0 Å². The Morgan fingerprint density at radius 2 is 1.76 bits per heavy atom. The van der Waals surface area contributed by atoms with E-state index >= 15 is 0 Å². The number of benzene rings is 1. The number of carboxylic acids is 1. The van der Waals surface area contributed by atoms with Crippen LogP contribution in [0.25, 0.3) is 11.1 Å². The summed E-state index contributed by atoms with van der Waals surface area (Å²) in [5, 5.41) is 8.35. The lowest BCUT2D eigenvalue weighted by Crippen LogP contribution is -2.28. The van der Waals surface area contributed by atoms with Gasteiger partial charge in [0.25, 0.3) is 0 Å². The van der Waals surface area contributed by atoms with Gasteiger partial charge in [0.15, 0.2) is 9.84 Å². The summed E-state index contributed by atoms with van der Waals surface area (Å²) in [6, 6.07) is 6.31. The molecule has 0 aliphatic heterocycles. The van der Waals surface area contributed by atoms with Crippen LogP contribution in [0.5, 0.6) is 0 Å². The minimum atomic E-state index is -4.91. The van der Waals surface area contributed by atoms with Gasteiger partial charge in [-0.2, -0.15) is 13.2 Å². The molecule has 2 aliphatic rings. The second-order valence-electron chi connectivity index (χ2n) is 9.06. The number of halogens is 3. The fourth-order valence-corrected chi connectivity index (χ4v) is 6.98. The van der Waals surface area contributed by atoms with Crippen LogP contribution in [-0.4, -0.2) is 41.9 Å². The fourth-order valence-electron chi connectivity index (χ4n) is 4.97. The number of rotatable bonds is 6. The first-order valence-corrected chi connectivity index (χ1v) is 12.8. The zero-order valence-corrected chi connectivity index (χ0v) is 19.4. The Bertz CT molecular complexity index is 1180. The summed E-state index contributed by atoms with van der Waals surface area (Å²) in [5.41, 5.74) is 0.0565. The Balaban J connectivity index is 1.68. The van der Waals surface area contributed by atoms with E-state index < -0.39 is 49.7 Å². The molecule has 0 bridgehead atoms. The summed E-state index contributed by atoms with van der Waals surface area (Å²) in [7, 11) is -4.47. The third kappa shape index (κ3) is 4.98. The van der Waals surface area contributed by atoms with Crippen LogP contribution in [-0.2, 0) is 25.5 Å². The van der Waals surface area contributed by atoms with E-state index in [2.05, 4.69) is 4.98 Å².